The Hall–Kier alpha value is -2.30. The first-order valence-corrected chi connectivity index (χ1v) is 5.01. The van der Waals surface area contributed by atoms with E-state index in [0.717, 1.165) is 6.07 Å². The number of hydrogen-bond donors (Lipinski definition) is 0. The zero-order valence-corrected chi connectivity index (χ0v) is 8.99. The Kier molecular flexibility index (Phi) is 3.32. The van der Waals surface area contributed by atoms with E-state index >= 15 is 0 Å². The molecule has 0 aliphatic heterocycles. The molecule has 2 nitrogen and oxygen atoms in total. The highest BCUT2D eigenvalue weighted by Gasteiger charge is 2.20. The minimum atomic E-state index is -1.57. The van der Waals surface area contributed by atoms with Crippen LogP contribution in [0.15, 0.2) is 42.5 Å². The normalized spacial score (nSPS) is 10.2. The van der Waals surface area contributed by atoms with Gasteiger partial charge in [0.15, 0.2) is 0 Å². The largest absolute Gasteiger partial charge is 0.382 e. The third-order valence-corrected chi connectivity index (χ3v) is 2.41. The molecule has 0 bridgehead atoms. The number of halogens is 3. The molecular formula is C13H7F3O2. The molecule has 5 heteroatoms. The molecular weight excluding hydrogens is 245 g/mol. The average molecular weight is 252 g/mol. The summed E-state index contributed by atoms with van der Waals surface area (Å²) in [6.07, 6.45) is 0. The Bertz CT molecular complexity index is 582. The molecule has 0 saturated heterocycles. The third kappa shape index (κ3) is 2.20. The van der Waals surface area contributed by atoms with Gasteiger partial charge in [-0.15, -0.1) is 0 Å². The molecule has 0 spiro atoms. The lowest BCUT2D eigenvalue weighted by Gasteiger charge is -2.06. The highest BCUT2D eigenvalue weighted by molar-refractivity contribution is 5.91. The topological polar surface area (TPSA) is 26.3 Å². The van der Waals surface area contributed by atoms with E-state index in [1.165, 1.54) is 0 Å². The van der Waals surface area contributed by atoms with Crippen molar-refractivity contribution in [3.05, 3.63) is 59.7 Å². The minimum Gasteiger partial charge on any atom is -0.249 e. The molecule has 0 aliphatic rings. The molecule has 0 radical (unpaired) electrons. The lowest BCUT2D eigenvalue weighted by molar-refractivity contribution is -0.0791. The van der Waals surface area contributed by atoms with E-state index in [1.807, 2.05) is 0 Å². The summed E-state index contributed by atoms with van der Waals surface area (Å²) in [5.41, 5.74) is -0.533. The molecule has 2 rings (SSSR count). The summed E-state index contributed by atoms with van der Waals surface area (Å²) >= 11 is 0. The summed E-state index contributed by atoms with van der Waals surface area (Å²) in [6.45, 7) is 0. The summed E-state index contributed by atoms with van der Waals surface area (Å²) < 4.78 is 39.0. The molecule has 0 saturated carbocycles. The monoisotopic (exact) mass is 252 g/mol. The Morgan fingerprint density at radius 3 is 2.33 bits per heavy atom. The molecule has 92 valence electrons. The zero-order valence-electron chi connectivity index (χ0n) is 8.99. The standard InChI is InChI=1S/C13H7F3O2/c14-9-6-10(8-4-2-1-3-5-8)12(15)11(7-9)13(17)18-16/h1-7H. The van der Waals surface area contributed by atoms with Crippen LogP contribution in [0.5, 0.6) is 0 Å². The van der Waals surface area contributed by atoms with Crippen LogP contribution in [0, 0.1) is 11.6 Å². The predicted octanol–water partition coefficient (Wildman–Crippen LogP) is 3.67. The van der Waals surface area contributed by atoms with Crippen molar-refractivity contribution in [1.29, 1.82) is 0 Å². The van der Waals surface area contributed by atoms with Gasteiger partial charge in [-0.2, -0.15) is 0 Å². The van der Waals surface area contributed by atoms with E-state index in [1.54, 1.807) is 30.3 Å². The highest BCUT2D eigenvalue weighted by atomic mass is 19.3. The van der Waals surface area contributed by atoms with Crippen LogP contribution >= 0.6 is 0 Å². The van der Waals surface area contributed by atoms with E-state index in [2.05, 4.69) is 4.94 Å². The Balaban J connectivity index is 2.62. The van der Waals surface area contributed by atoms with Crippen molar-refractivity contribution in [2.24, 2.45) is 0 Å². The smallest absolute Gasteiger partial charge is 0.249 e. The first-order valence-electron chi connectivity index (χ1n) is 5.01. The van der Waals surface area contributed by atoms with Crippen LogP contribution in [0.4, 0.5) is 13.3 Å². The summed E-state index contributed by atoms with van der Waals surface area (Å²) in [7, 11) is 0. The first-order chi connectivity index (χ1) is 8.63. The maximum atomic E-state index is 13.9. The van der Waals surface area contributed by atoms with Crippen molar-refractivity contribution >= 4 is 5.97 Å². The molecule has 0 aliphatic carbocycles. The Morgan fingerprint density at radius 1 is 1.06 bits per heavy atom. The molecule has 0 atom stereocenters. The lowest BCUT2D eigenvalue weighted by Crippen LogP contribution is -2.05. The van der Waals surface area contributed by atoms with Gasteiger partial charge < -0.3 is 0 Å². The molecule has 0 aromatic heterocycles. The van der Waals surface area contributed by atoms with Crippen LogP contribution < -0.4 is 0 Å². The average Bonchev–Trinajstić information content (AvgIpc) is 2.41. The maximum absolute atomic E-state index is 13.9. The Labute approximate surface area is 101 Å². The second-order valence-corrected chi connectivity index (χ2v) is 3.55. The fraction of sp³-hybridized carbons (Fsp3) is 0. The minimum absolute atomic E-state index is 0.129. The zero-order chi connectivity index (χ0) is 13.1. The van der Waals surface area contributed by atoms with Gasteiger partial charge in [0.25, 0.3) is 0 Å². The van der Waals surface area contributed by atoms with Gasteiger partial charge in [0, 0.05) is 10.1 Å². The number of hydrogen-bond acceptors (Lipinski definition) is 2. The van der Waals surface area contributed by atoms with Crippen molar-refractivity contribution < 1.29 is 23.0 Å². The summed E-state index contributed by atoms with van der Waals surface area (Å²) in [6, 6.07) is 9.57. The highest BCUT2D eigenvalue weighted by Crippen LogP contribution is 2.26. The maximum Gasteiger partial charge on any atom is 0.382 e. The molecule has 18 heavy (non-hydrogen) atoms. The van der Waals surface area contributed by atoms with Crippen LogP contribution in [0.2, 0.25) is 0 Å². The third-order valence-electron chi connectivity index (χ3n) is 2.41. The summed E-state index contributed by atoms with van der Waals surface area (Å²) in [5, 5.41) is 0. The SMILES string of the molecule is O=C(OF)c1cc(F)cc(-c2ccccc2)c1F. The number of rotatable bonds is 2. The van der Waals surface area contributed by atoms with Crippen molar-refractivity contribution in [1.82, 2.24) is 0 Å². The fourth-order valence-electron chi connectivity index (χ4n) is 1.61. The van der Waals surface area contributed by atoms with E-state index in [4.69, 9.17) is 0 Å². The Morgan fingerprint density at radius 2 is 1.72 bits per heavy atom. The second-order valence-electron chi connectivity index (χ2n) is 3.55. The summed E-state index contributed by atoms with van der Waals surface area (Å²) in [4.78, 5) is 13.9. The molecule has 0 heterocycles. The van der Waals surface area contributed by atoms with Gasteiger partial charge in [0.05, 0.1) is 0 Å². The molecule has 2 aromatic carbocycles. The van der Waals surface area contributed by atoms with Crippen molar-refractivity contribution in [2.45, 2.75) is 0 Å². The number of carbonyl (C=O) groups excluding carboxylic acids is 1. The molecule has 0 N–H and O–H groups in total. The van der Waals surface area contributed by atoms with Gasteiger partial charge in [-0.1, -0.05) is 30.3 Å². The summed E-state index contributed by atoms with van der Waals surface area (Å²) in [5.74, 6) is -3.44. The van der Waals surface area contributed by atoms with Gasteiger partial charge in [-0.05, 0) is 17.7 Å². The molecule has 2 aromatic rings. The quantitative estimate of drug-likeness (QED) is 0.815. The fourth-order valence-corrected chi connectivity index (χ4v) is 1.61. The molecule has 0 fully saturated rings. The van der Waals surface area contributed by atoms with Gasteiger partial charge >= 0.3 is 5.97 Å². The van der Waals surface area contributed by atoms with Crippen LogP contribution in [0.3, 0.4) is 0 Å². The van der Waals surface area contributed by atoms with E-state index in [-0.39, 0.29) is 5.56 Å². The first kappa shape index (κ1) is 12.2. The van der Waals surface area contributed by atoms with E-state index in [9.17, 15) is 18.1 Å². The van der Waals surface area contributed by atoms with Gasteiger partial charge in [-0.25, -0.2) is 18.5 Å². The predicted molar refractivity (Wildman–Crippen MR) is 58.3 cm³/mol. The van der Waals surface area contributed by atoms with Crippen LogP contribution in [0.1, 0.15) is 10.4 Å². The van der Waals surface area contributed by atoms with Crippen molar-refractivity contribution in [3.8, 4) is 11.1 Å². The van der Waals surface area contributed by atoms with Crippen LogP contribution in [-0.2, 0) is 4.94 Å². The van der Waals surface area contributed by atoms with Gasteiger partial charge in [-0.3, -0.25) is 0 Å². The van der Waals surface area contributed by atoms with Crippen molar-refractivity contribution in [2.75, 3.05) is 0 Å². The number of carbonyl (C=O) groups is 1. The molecule has 0 amide bonds. The van der Waals surface area contributed by atoms with Gasteiger partial charge in [0.2, 0.25) is 0 Å². The van der Waals surface area contributed by atoms with E-state index < -0.39 is 23.2 Å². The van der Waals surface area contributed by atoms with Gasteiger partial charge in [0.1, 0.15) is 17.2 Å². The lowest BCUT2D eigenvalue weighted by atomic mass is 10.0. The van der Waals surface area contributed by atoms with Crippen LogP contribution in [0.25, 0.3) is 11.1 Å². The molecule has 0 unspecified atom stereocenters. The van der Waals surface area contributed by atoms with Crippen molar-refractivity contribution in [3.63, 3.8) is 0 Å². The number of benzene rings is 2. The van der Waals surface area contributed by atoms with E-state index in [0.29, 0.717) is 11.6 Å². The van der Waals surface area contributed by atoms with Crippen LogP contribution in [-0.4, -0.2) is 5.97 Å². The second kappa shape index (κ2) is 4.91.